The van der Waals surface area contributed by atoms with Crippen LogP contribution in [0.5, 0.6) is 0 Å². The summed E-state index contributed by atoms with van der Waals surface area (Å²) < 4.78 is 4.60. The first-order valence-electron chi connectivity index (χ1n) is 3.25. The van der Waals surface area contributed by atoms with E-state index in [9.17, 15) is 0 Å². The molecule has 0 saturated carbocycles. The molecule has 1 atom stereocenters. The molecule has 1 nitrogen and oxygen atoms in total. The topological polar surface area (TPSA) is 12.5 Å². The van der Waals surface area contributed by atoms with Gasteiger partial charge in [-0.2, -0.15) is 36.4 Å². The van der Waals surface area contributed by atoms with E-state index < -0.39 is 0 Å². The molecule has 1 aromatic rings. The molecular weight excluding hydrogens is 213 g/mol. The minimum Gasteiger partial charge on any atom is -0.408 e. The van der Waals surface area contributed by atoms with E-state index in [1.54, 1.807) is 0 Å². The fourth-order valence-corrected chi connectivity index (χ4v) is 0.410. The summed E-state index contributed by atoms with van der Waals surface area (Å²) in [5, 5.41) is 0. The zero-order valence-electron chi connectivity index (χ0n) is 6.36. The summed E-state index contributed by atoms with van der Waals surface area (Å²) in [4.78, 5) is 0. The average Bonchev–Trinajstić information content (AvgIpc) is 2.77. The van der Waals surface area contributed by atoms with Crippen molar-refractivity contribution >= 4 is 0 Å². The van der Waals surface area contributed by atoms with Crippen molar-refractivity contribution in [1.82, 2.24) is 0 Å². The zero-order valence-corrected chi connectivity index (χ0v) is 9.20. The third-order valence-corrected chi connectivity index (χ3v) is 1.01. The Bertz CT molecular complexity index is 134. The fourth-order valence-electron chi connectivity index (χ4n) is 0.410. The summed E-state index contributed by atoms with van der Waals surface area (Å²) in [5.41, 5.74) is 0. The van der Waals surface area contributed by atoms with E-state index in [0.717, 1.165) is 6.61 Å². The molecule has 2 rings (SSSR count). The maximum absolute atomic E-state index is 4.60. The van der Waals surface area contributed by atoms with Crippen molar-refractivity contribution in [2.75, 3.05) is 6.61 Å². The van der Waals surface area contributed by atoms with E-state index in [2.05, 4.69) is 17.7 Å². The maximum atomic E-state index is 4.60. The Morgan fingerprint density at radius 1 is 1.27 bits per heavy atom. The van der Waals surface area contributed by atoms with Gasteiger partial charge < -0.3 is 11.7 Å². The van der Waals surface area contributed by atoms with Gasteiger partial charge in [0.05, 0.1) is 0 Å². The Labute approximate surface area is 93.0 Å². The molecular formula is C9H10OY-2. The van der Waals surface area contributed by atoms with Crippen LogP contribution in [-0.2, 0) is 37.4 Å². The normalized spacial score (nSPS) is 18.8. The predicted molar refractivity (Wildman–Crippen MR) is 40.4 cm³/mol. The summed E-state index contributed by atoms with van der Waals surface area (Å²) in [5.74, 6) is 0. The molecule has 1 aliphatic rings. The molecule has 0 N–H and O–H groups in total. The van der Waals surface area contributed by atoms with Crippen molar-refractivity contribution in [2.24, 2.45) is 0 Å². The molecule has 1 fully saturated rings. The van der Waals surface area contributed by atoms with Crippen LogP contribution in [0.2, 0.25) is 0 Å². The first-order chi connectivity index (χ1) is 4.89. The van der Waals surface area contributed by atoms with E-state index in [-0.39, 0.29) is 32.7 Å². The quantitative estimate of drug-likeness (QED) is 0.481. The van der Waals surface area contributed by atoms with Gasteiger partial charge in [0.15, 0.2) is 0 Å². The van der Waals surface area contributed by atoms with Gasteiger partial charge in [-0.1, -0.05) is 0 Å². The van der Waals surface area contributed by atoms with Crippen molar-refractivity contribution < 1.29 is 37.4 Å². The van der Waals surface area contributed by atoms with E-state index in [1.807, 2.05) is 30.3 Å². The van der Waals surface area contributed by atoms with E-state index in [1.165, 1.54) is 0 Å². The van der Waals surface area contributed by atoms with Crippen LogP contribution in [0.15, 0.2) is 30.3 Å². The van der Waals surface area contributed by atoms with Gasteiger partial charge in [0, 0.05) is 39.3 Å². The van der Waals surface area contributed by atoms with Crippen molar-refractivity contribution in [1.29, 1.82) is 0 Å². The molecule has 0 spiro atoms. The summed E-state index contributed by atoms with van der Waals surface area (Å²) >= 11 is 0. The first-order valence-corrected chi connectivity index (χ1v) is 3.25. The van der Waals surface area contributed by atoms with Crippen LogP contribution in [-0.4, -0.2) is 12.7 Å². The van der Waals surface area contributed by atoms with Crippen LogP contribution in [0.3, 0.4) is 0 Å². The molecule has 1 aliphatic heterocycles. The van der Waals surface area contributed by atoms with Gasteiger partial charge in [-0.15, -0.1) is 0 Å². The predicted octanol–water partition coefficient (Wildman–Crippen LogP) is 1.70. The maximum Gasteiger partial charge on any atom is 0.0414 e. The van der Waals surface area contributed by atoms with Gasteiger partial charge >= 0.3 is 0 Å². The van der Waals surface area contributed by atoms with Crippen molar-refractivity contribution in [3.63, 3.8) is 0 Å². The molecule has 1 heterocycles. The molecule has 1 radical (unpaired) electrons. The SMILES string of the molecule is [CH2-]C1CO1.[Y].[c-]1ccccc1. The number of rotatable bonds is 0. The largest absolute Gasteiger partial charge is 0.408 e. The molecule has 1 saturated heterocycles. The minimum absolute atomic E-state index is 0. The van der Waals surface area contributed by atoms with E-state index >= 15 is 0 Å². The molecule has 1 unspecified atom stereocenters. The molecule has 11 heavy (non-hydrogen) atoms. The Balaban J connectivity index is 0.000000177. The number of hydrogen-bond acceptors (Lipinski definition) is 1. The van der Waals surface area contributed by atoms with Crippen molar-refractivity contribution in [2.45, 2.75) is 6.10 Å². The third-order valence-electron chi connectivity index (χ3n) is 1.01. The third kappa shape index (κ3) is 8.19. The minimum atomic E-state index is 0. The second-order valence-corrected chi connectivity index (χ2v) is 2.03. The monoisotopic (exact) mass is 223 g/mol. The fraction of sp³-hybridized carbons (Fsp3) is 0.222. The van der Waals surface area contributed by atoms with Crippen LogP contribution in [0, 0.1) is 13.0 Å². The molecule has 0 bridgehead atoms. The number of hydrogen-bond donors (Lipinski definition) is 0. The molecule has 57 valence electrons. The number of ether oxygens (including phenoxy) is 1. The molecule has 0 aromatic heterocycles. The van der Waals surface area contributed by atoms with Crippen LogP contribution in [0.25, 0.3) is 0 Å². The van der Waals surface area contributed by atoms with E-state index in [4.69, 9.17) is 0 Å². The first kappa shape index (κ1) is 11.3. The number of epoxide rings is 1. The van der Waals surface area contributed by atoms with Gasteiger partial charge in [0.2, 0.25) is 0 Å². The summed E-state index contributed by atoms with van der Waals surface area (Å²) in [7, 11) is 0. The second kappa shape index (κ2) is 6.96. The van der Waals surface area contributed by atoms with Crippen LogP contribution in [0.4, 0.5) is 0 Å². The Morgan fingerprint density at radius 2 is 1.73 bits per heavy atom. The second-order valence-electron chi connectivity index (χ2n) is 2.03. The molecule has 0 aliphatic carbocycles. The summed E-state index contributed by atoms with van der Waals surface area (Å²) in [6, 6.07) is 12.5. The summed E-state index contributed by atoms with van der Waals surface area (Å²) in [6.07, 6.45) is 0.333. The molecule has 0 amide bonds. The van der Waals surface area contributed by atoms with Crippen molar-refractivity contribution in [3.05, 3.63) is 43.3 Å². The van der Waals surface area contributed by atoms with Gasteiger partial charge in [-0.05, 0) is 6.10 Å². The zero-order chi connectivity index (χ0) is 7.23. The Morgan fingerprint density at radius 3 is 1.82 bits per heavy atom. The van der Waals surface area contributed by atoms with Gasteiger partial charge in [0.25, 0.3) is 0 Å². The van der Waals surface area contributed by atoms with Gasteiger partial charge in [-0.25, -0.2) is 0 Å². The average molecular weight is 223 g/mol. The van der Waals surface area contributed by atoms with E-state index in [0.29, 0.717) is 6.10 Å². The van der Waals surface area contributed by atoms with Gasteiger partial charge in [-0.3, -0.25) is 0 Å². The van der Waals surface area contributed by atoms with Crippen molar-refractivity contribution in [3.8, 4) is 0 Å². The molecule has 1 aromatic carbocycles. The summed E-state index contributed by atoms with van der Waals surface area (Å²) in [6.45, 7) is 4.40. The van der Waals surface area contributed by atoms with Crippen LogP contribution < -0.4 is 0 Å². The molecule has 2 heteroatoms. The smallest absolute Gasteiger partial charge is 0.0414 e. The van der Waals surface area contributed by atoms with Crippen LogP contribution >= 0.6 is 0 Å². The number of benzene rings is 1. The van der Waals surface area contributed by atoms with Gasteiger partial charge in [0.1, 0.15) is 0 Å². The standard InChI is InChI=1S/C6H5.C3H5O.Y/c1-2-4-6-5-3-1;1-3-2-4-3;/h1-5H;3H,1-2H2;/q2*-1;. The van der Waals surface area contributed by atoms with Crippen LogP contribution in [0.1, 0.15) is 0 Å². The Kier molecular flexibility index (Phi) is 7.14. The Hall–Kier alpha value is 0.284.